The van der Waals surface area contributed by atoms with Crippen molar-refractivity contribution in [3.63, 3.8) is 0 Å². The summed E-state index contributed by atoms with van der Waals surface area (Å²) in [7, 11) is 0. The number of nitrogens with two attached hydrogens (primary N) is 1. The van der Waals surface area contributed by atoms with Crippen molar-refractivity contribution >= 4 is 5.91 Å². The molecule has 1 saturated heterocycles. The van der Waals surface area contributed by atoms with Gasteiger partial charge in [-0.25, -0.2) is 0 Å². The van der Waals surface area contributed by atoms with Gasteiger partial charge in [0.05, 0.1) is 6.04 Å². The molecule has 0 aliphatic carbocycles. The second-order valence-corrected chi connectivity index (χ2v) is 6.73. The molecular formula is C18H29N3O. The van der Waals surface area contributed by atoms with Crippen LogP contribution < -0.4 is 11.1 Å². The van der Waals surface area contributed by atoms with Crippen molar-refractivity contribution in [3.8, 4) is 0 Å². The van der Waals surface area contributed by atoms with E-state index in [-0.39, 0.29) is 11.9 Å². The standard InChI is InChI=1S/C18H29N3O/c1-14(2)11-17(19)18(22)20-12-16-9-6-10-21(16)13-15-7-4-3-5-8-15/h3-5,7-8,14,16-17H,6,9-13,19H2,1-2H3,(H,20,22)/t16?,17-/m0/s1. The van der Waals surface area contributed by atoms with Crippen molar-refractivity contribution in [1.82, 2.24) is 10.2 Å². The maximum absolute atomic E-state index is 12.0. The molecule has 1 fully saturated rings. The Kier molecular flexibility index (Phi) is 6.40. The highest BCUT2D eigenvalue weighted by Crippen LogP contribution is 2.19. The molecule has 4 nitrogen and oxygen atoms in total. The lowest BCUT2D eigenvalue weighted by Crippen LogP contribution is -2.46. The minimum atomic E-state index is -0.385. The van der Waals surface area contributed by atoms with E-state index < -0.39 is 0 Å². The van der Waals surface area contributed by atoms with E-state index in [0.717, 1.165) is 25.9 Å². The summed E-state index contributed by atoms with van der Waals surface area (Å²) in [4.78, 5) is 14.5. The quantitative estimate of drug-likeness (QED) is 0.811. The normalized spacial score (nSPS) is 20.3. The van der Waals surface area contributed by atoms with Gasteiger partial charge in [0, 0.05) is 19.1 Å². The molecule has 0 radical (unpaired) electrons. The number of hydrogen-bond donors (Lipinski definition) is 2. The van der Waals surface area contributed by atoms with Gasteiger partial charge in [-0.05, 0) is 37.3 Å². The van der Waals surface area contributed by atoms with Gasteiger partial charge in [0.25, 0.3) is 0 Å². The topological polar surface area (TPSA) is 58.4 Å². The number of benzene rings is 1. The average Bonchev–Trinajstić information content (AvgIpc) is 2.92. The van der Waals surface area contributed by atoms with Crippen LogP contribution in [0, 0.1) is 5.92 Å². The molecule has 1 aromatic carbocycles. The summed E-state index contributed by atoms with van der Waals surface area (Å²) in [6, 6.07) is 10.6. The number of carbonyl (C=O) groups is 1. The number of amides is 1. The van der Waals surface area contributed by atoms with E-state index in [1.807, 2.05) is 6.07 Å². The molecule has 122 valence electrons. The summed E-state index contributed by atoms with van der Waals surface area (Å²) in [6.07, 6.45) is 3.09. The largest absolute Gasteiger partial charge is 0.353 e. The number of carbonyl (C=O) groups excluding carboxylic acids is 1. The summed E-state index contributed by atoms with van der Waals surface area (Å²) >= 11 is 0. The van der Waals surface area contributed by atoms with Crippen LogP contribution in [0.25, 0.3) is 0 Å². The van der Waals surface area contributed by atoms with E-state index >= 15 is 0 Å². The van der Waals surface area contributed by atoms with Gasteiger partial charge in [-0.3, -0.25) is 9.69 Å². The second kappa shape index (κ2) is 8.30. The molecule has 22 heavy (non-hydrogen) atoms. The van der Waals surface area contributed by atoms with Gasteiger partial charge in [0.1, 0.15) is 0 Å². The highest BCUT2D eigenvalue weighted by Gasteiger charge is 2.25. The van der Waals surface area contributed by atoms with Gasteiger partial charge < -0.3 is 11.1 Å². The van der Waals surface area contributed by atoms with Gasteiger partial charge in [-0.2, -0.15) is 0 Å². The van der Waals surface area contributed by atoms with Gasteiger partial charge >= 0.3 is 0 Å². The summed E-state index contributed by atoms with van der Waals surface area (Å²) < 4.78 is 0. The third-order valence-corrected chi connectivity index (χ3v) is 4.30. The van der Waals surface area contributed by atoms with Crippen LogP contribution in [0.2, 0.25) is 0 Å². The first-order valence-corrected chi connectivity index (χ1v) is 8.37. The smallest absolute Gasteiger partial charge is 0.236 e. The van der Waals surface area contributed by atoms with Crippen LogP contribution in [0.15, 0.2) is 30.3 Å². The zero-order valence-electron chi connectivity index (χ0n) is 13.8. The number of likely N-dealkylation sites (tertiary alicyclic amines) is 1. The maximum Gasteiger partial charge on any atom is 0.236 e. The minimum absolute atomic E-state index is 0.0136. The monoisotopic (exact) mass is 303 g/mol. The van der Waals surface area contributed by atoms with E-state index in [1.165, 1.54) is 12.0 Å². The molecule has 4 heteroatoms. The molecule has 3 N–H and O–H groups in total. The van der Waals surface area contributed by atoms with Gasteiger partial charge in [-0.1, -0.05) is 44.2 Å². The van der Waals surface area contributed by atoms with Crippen molar-refractivity contribution in [2.75, 3.05) is 13.1 Å². The molecule has 2 rings (SSSR count). The van der Waals surface area contributed by atoms with E-state index in [0.29, 0.717) is 18.5 Å². The third kappa shape index (κ3) is 5.11. The molecule has 2 atom stereocenters. The summed E-state index contributed by atoms with van der Waals surface area (Å²) in [5.41, 5.74) is 7.27. The molecule has 1 unspecified atom stereocenters. The molecule has 1 aliphatic heterocycles. The Morgan fingerprint density at radius 2 is 2.09 bits per heavy atom. The fourth-order valence-corrected chi connectivity index (χ4v) is 3.12. The number of hydrogen-bond acceptors (Lipinski definition) is 3. The SMILES string of the molecule is CC(C)C[C@H](N)C(=O)NCC1CCCN1Cc1ccccc1. The number of nitrogens with one attached hydrogen (secondary N) is 1. The molecule has 1 amide bonds. The lowest BCUT2D eigenvalue weighted by Gasteiger charge is -2.25. The Hall–Kier alpha value is -1.39. The van der Waals surface area contributed by atoms with Gasteiger partial charge in [0.15, 0.2) is 0 Å². The Morgan fingerprint density at radius 3 is 2.77 bits per heavy atom. The van der Waals surface area contributed by atoms with Crippen molar-refractivity contribution in [1.29, 1.82) is 0 Å². The minimum Gasteiger partial charge on any atom is -0.353 e. The van der Waals surface area contributed by atoms with Crippen LogP contribution in [0.4, 0.5) is 0 Å². The van der Waals surface area contributed by atoms with Crippen LogP contribution >= 0.6 is 0 Å². The third-order valence-electron chi connectivity index (χ3n) is 4.30. The van der Waals surface area contributed by atoms with Crippen molar-refractivity contribution in [2.24, 2.45) is 11.7 Å². The highest BCUT2D eigenvalue weighted by molar-refractivity contribution is 5.81. The predicted molar refractivity (Wildman–Crippen MR) is 90.3 cm³/mol. The lowest BCUT2D eigenvalue weighted by molar-refractivity contribution is -0.122. The molecule has 0 saturated carbocycles. The molecule has 1 aromatic rings. The van der Waals surface area contributed by atoms with Crippen LogP contribution in [0.1, 0.15) is 38.7 Å². The van der Waals surface area contributed by atoms with E-state index in [9.17, 15) is 4.79 Å². The lowest BCUT2D eigenvalue weighted by atomic mass is 10.0. The fraction of sp³-hybridized carbons (Fsp3) is 0.611. The molecule has 0 spiro atoms. The summed E-state index contributed by atoms with van der Waals surface area (Å²) in [6.45, 7) is 6.95. The molecule has 0 bridgehead atoms. The van der Waals surface area contributed by atoms with Crippen molar-refractivity contribution in [2.45, 2.75) is 51.7 Å². The highest BCUT2D eigenvalue weighted by atomic mass is 16.2. The van der Waals surface area contributed by atoms with Crippen molar-refractivity contribution in [3.05, 3.63) is 35.9 Å². The molecule has 0 aromatic heterocycles. The summed E-state index contributed by atoms with van der Waals surface area (Å²) in [5, 5.41) is 3.04. The van der Waals surface area contributed by atoms with Crippen LogP contribution in [-0.4, -0.2) is 36.0 Å². The van der Waals surface area contributed by atoms with E-state index in [4.69, 9.17) is 5.73 Å². The molecule has 1 aliphatic rings. The van der Waals surface area contributed by atoms with E-state index in [2.05, 4.69) is 48.3 Å². The maximum atomic E-state index is 12.0. The van der Waals surface area contributed by atoms with Crippen molar-refractivity contribution < 1.29 is 4.79 Å². The zero-order chi connectivity index (χ0) is 15.9. The first-order valence-electron chi connectivity index (χ1n) is 8.37. The predicted octanol–water partition coefficient (Wildman–Crippen LogP) is 2.14. The Bertz CT molecular complexity index is 461. The van der Waals surface area contributed by atoms with Gasteiger partial charge in [-0.15, -0.1) is 0 Å². The fourth-order valence-electron chi connectivity index (χ4n) is 3.12. The Labute approximate surface area is 134 Å². The number of nitrogens with zero attached hydrogens (tertiary/aromatic N) is 1. The Balaban J connectivity index is 1.80. The number of rotatable bonds is 7. The first kappa shape index (κ1) is 17.0. The van der Waals surface area contributed by atoms with Crippen LogP contribution in [0.5, 0.6) is 0 Å². The molecule has 1 heterocycles. The van der Waals surface area contributed by atoms with Crippen LogP contribution in [-0.2, 0) is 11.3 Å². The van der Waals surface area contributed by atoms with Gasteiger partial charge in [0.2, 0.25) is 5.91 Å². The summed E-state index contributed by atoms with van der Waals surface area (Å²) in [5.74, 6) is 0.432. The first-order chi connectivity index (χ1) is 10.6. The average molecular weight is 303 g/mol. The molecular weight excluding hydrogens is 274 g/mol. The Morgan fingerprint density at radius 1 is 1.36 bits per heavy atom. The van der Waals surface area contributed by atoms with Crippen LogP contribution in [0.3, 0.4) is 0 Å². The van der Waals surface area contributed by atoms with E-state index in [1.54, 1.807) is 0 Å². The second-order valence-electron chi connectivity index (χ2n) is 6.73. The zero-order valence-corrected chi connectivity index (χ0v) is 13.8.